The fraction of sp³-hybridized carbons (Fsp3) is 0.435. The fourth-order valence-electron chi connectivity index (χ4n) is 3.62. The lowest BCUT2D eigenvalue weighted by Crippen LogP contribution is -2.38. The number of nitrogens with zero attached hydrogens (tertiary/aromatic N) is 3. The molecule has 7 nitrogen and oxygen atoms in total. The summed E-state index contributed by atoms with van der Waals surface area (Å²) in [4.78, 5) is 15.0. The first-order valence-corrected chi connectivity index (χ1v) is 10.2. The Labute approximate surface area is 176 Å². The van der Waals surface area contributed by atoms with Crippen molar-refractivity contribution in [1.29, 1.82) is 0 Å². The molecule has 0 heterocycles. The van der Waals surface area contributed by atoms with E-state index in [1.807, 2.05) is 48.5 Å². The van der Waals surface area contributed by atoms with Gasteiger partial charge in [-0.15, -0.1) is 0 Å². The lowest BCUT2D eigenvalue weighted by molar-refractivity contribution is -0.132. The quantitative estimate of drug-likeness (QED) is 0.220. The molecule has 2 aromatic carbocycles. The number of azide groups is 1. The SMILES string of the molecule is COCCCOc1cc(CC2(C(=O)N=[N+]=[N-])CCC2)ccc1OCc1ccccc1. The molecule has 0 aliphatic heterocycles. The Morgan fingerprint density at radius 2 is 1.87 bits per heavy atom. The second-order valence-electron chi connectivity index (χ2n) is 7.56. The van der Waals surface area contributed by atoms with Crippen molar-refractivity contribution in [3.8, 4) is 11.5 Å². The Morgan fingerprint density at radius 1 is 1.07 bits per heavy atom. The van der Waals surface area contributed by atoms with Gasteiger partial charge in [-0.1, -0.05) is 42.8 Å². The number of methoxy groups -OCH3 is 1. The minimum absolute atomic E-state index is 0.372. The summed E-state index contributed by atoms with van der Waals surface area (Å²) >= 11 is 0. The van der Waals surface area contributed by atoms with E-state index in [4.69, 9.17) is 19.7 Å². The monoisotopic (exact) mass is 409 g/mol. The van der Waals surface area contributed by atoms with Crippen LogP contribution in [0.4, 0.5) is 0 Å². The van der Waals surface area contributed by atoms with Gasteiger partial charge in [0.15, 0.2) is 11.5 Å². The van der Waals surface area contributed by atoms with E-state index in [-0.39, 0.29) is 5.91 Å². The molecule has 0 atom stereocenters. The first-order valence-electron chi connectivity index (χ1n) is 10.2. The summed E-state index contributed by atoms with van der Waals surface area (Å²) in [6.07, 6.45) is 3.73. The van der Waals surface area contributed by atoms with Crippen LogP contribution in [0.1, 0.15) is 36.8 Å². The summed E-state index contributed by atoms with van der Waals surface area (Å²) in [5, 5.41) is 3.36. The van der Waals surface area contributed by atoms with Crippen molar-refractivity contribution < 1.29 is 19.0 Å². The van der Waals surface area contributed by atoms with Crippen molar-refractivity contribution in [2.45, 2.75) is 38.7 Å². The summed E-state index contributed by atoms with van der Waals surface area (Å²) in [5.74, 6) is 0.928. The normalized spacial score (nSPS) is 14.3. The number of rotatable bonds is 11. The molecule has 0 bridgehead atoms. The topological polar surface area (TPSA) is 93.5 Å². The number of hydrogen-bond acceptors (Lipinski definition) is 4. The maximum absolute atomic E-state index is 12.3. The largest absolute Gasteiger partial charge is 0.490 e. The zero-order valence-corrected chi connectivity index (χ0v) is 17.3. The number of carbonyl (C=O) groups excluding carboxylic acids is 1. The minimum Gasteiger partial charge on any atom is -0.490 e. The van der Waals surface area contributed by atoms with E-state index in [0.29, 0.717) is 37.7 Å². The van der Waals surface area contributed by atoms with E-state index in [9.17, 15) is 4.79 Å². The van der Waals surface area contributed by atoms with Gasteiger partial charge in [0.2, 0.25) is 5.91 Å². The zero-order valence-electron chi connectivity index (χ0n) is 17.3. The summed E-state index contributed by atoms with van der Waals surface area (Å²) in [7, 11) is 1.66. The molecule has 1 saturated carbocycles. The molecule has 0 spiro atoms. The van der Waals surface area contributed by atoms with Gasteiger partial charge in [-0.05, 0) is 53.2 Å². The maximum Gasteiger partial charge on any atom is 0.225 e. The van der Waals surface area contributed by atoms with Crippen LogP contribution < -0.4 is 9.47 Å². The molecule has 0 unspecified atom stereocenters. The average Bonchev–Trinajstić information content (AvgIpc) is 2.74. The van der Waals surface area contributed by atoms with E-state index in [1.165, 1.54) is 0 Å². The molecule has 0 aromatic heterocycles. The van der Waals surface area contributed by atoms with Crippen LogP contribution >= 0.6 is 0 Å². The van der Waals surface area contributed by atoms with Crippen LogP contribution in [-0.2, 0) is 22.6 Å². The first kappa shape index (κ1) is 21.7. The molecule has 0 saturated heterocycles. The van der Waals surface area contributed by atoms with Crippen LogP contribution in [0.2, 0.25) is 0 Å². The van der Waals surface area contributed by atoms with Crippen LogP contribution in [0.25, 0.3) is 10.4 Å². The summed E-state index contributed by atoms with van der Waals surface area (Å²) in [6.45, 7) is 1.55. The molecule has 1 fully saturated rings. The summed E-state index contributed by atoms with van der Waals surface area (Å²) < 4.78 is 17.1. The molecule has 7 heteroatoms. The summed E-state index contributed by atoms with van der Waals surface area (Å²) in [5.41, 5.74) is 10.1. The highest BCUT2D eigenvalue weighted by molar-refractivity contribution is 5.84. The Morgan fingerprint density at radius 3 is 2.53 bits per heavy atom. The molecule has 3 rings (SSSR count). The standard InChI is InChI=1S/C23H27N3O4/c1-28-13-6-14-29-21-15-19(16-23(11-5-12-23)22(27)25-26-24)9-10-20(21)30-17-18-7-3-2-4-8-18/h2-4,7-10,15H,5-6,11-14,16-17H2,1H3. The van der Waals surface area contributed by atoms with Crippen molar-refractivity contribution in [2.24, 2.45) is 10.5 Å². The average molecular weight is 409 g/mol. The van der Waals surface area contributed by atoms with Gasteiger partial charge in [0, 0.05) is 30.5 Å². The van der Waals surface area contributed by atoms with Crippen LogP contribution in [0.5, 0.6) is 11.5 Å². The Hall–Kier alpha value is -3.02. The Balaban J connectivity index is 1.75. The van der Waals surface area contributed by atoms with Crippen molar-refractivity contribution in [2.75, 3.05) is 20.3 Å². The van der Waals surface area contributed by atoms with Gasteiger partial charge in [-0.3, -0.25) is 4.79 Å². The van der Waals surface area contributed by atoms with Gasteiger partial charge >= 0.3 is 0 Å². The number of carbonyl (C=O) groups is 1. The van der Waals surface area contributed by atoms with Gasteiger partial charge in [0.1, 0.15) is 6.61 Å². The molecule has 158 valence electrons. The second-order valence-corrected chi connectivity index (χ2v) is 7.56. The number of benzene rings is 2. The Kier molecular flexibility index (Phi) is 7.71. The molecule has 0 radical (unpaired) electrons. The fourth-order valence-corrected chi connectivity index (χ4v) is 3.62. The number of hydrogen-bond donors (Lipinski definition) is 0. The lowest BCUT2D eigenvalue weighted by atomic mass is 9.65. The molecule has 2 aromatic rings. The minimum atomic E-state index is -0.591. The van der Waals surface area contributed by atoms with E-state index in [2.05, 4.69) is 10.0 Å². The van der Waals surface area contributed by atoms with E-state index in [0.717, 1.165) is 36.8 Å². The highest BCUT2D eigenvalue weighted by Crippen LogP contribution is 2.45. The molecular formula is C23H27N3O4. The van der Waals surface area contributed by atoms with Gasteiger partial charge in [0.05, 0.1) is 6.61 Å². The lowest BCUT2D eigenvalue weighted by Gasteiger charge is -2.39. The smallest absolute Gasteiger partial charge is 0.225 e. The zero-order chi connectivity index (χ0) is 21.2. The van der Waals surface area contributed by atoms with Crippen LogP contribution in [-0.4, -0.2) is 26.2 Å². The third-order valence-corrected chi connectivity index (χ3v) is 5.44. The molecule has 1 aliphatic carbocycles. The van der Waals surface area contributed by atoms with Crippen LogP contribution in [0.3, 0.4) is 0 Å². The van der Waals surface area contributed by atoms with Crippen molar-refractivity contribution in [3.63, 3.8) is 0 Å². The highest BCUT2D eigenvalue weighted by Gasteiger charge is 2.43. The molecule has 1 amide bonds. The highest BCUT2D eigenvalue weighted by atomic mass is 16.5. The molecular weight excluding hydrogens is 382 g/mol. The third-order valence-electron chi connectivity index (χ3n) is 5.44. The predicted molar refractivity (Wildman–Crippen MR) is 113 cm³/mol. The summed E-state index contributed by atoms with van der Waals surface area (Å²) in [6, 6.07) is 15.7. The van der Waals surface area contributed by atoms with Crippen molar-refractivity contribution >= 4 is 5.91 Å². The first-order chi connectivity index (χ1) is 14.7. The third kappa shape index (κ3) is 5.53. The number of amides is 1. The van der Waals surface area contributed by atoms with Crippen molar-refractivity contribution in [1.82, 2.24) is 0 Å². The molecule has 30 heavy (non-hydrogen) atoms. The Bertz CT molecular complexity index is 891. The van der Waals surface area contributed by atoms with Gasteiger partial charge < -0.3 is 14.2 Å². The molecule has 0 N–H and O–H groups in total. The van der Waals surface area contributed by atoms with Gasteiger partial charge in [-0.2, -0.15) is 0 Å². The second kappa shape index (κ2) is 10.7. The van der Waals surface area contributed by atoms with Crippen molar-refractivity contribution in [3.05, 3.63) is 70.1 Å². The predicted octanol–water partition coefficient (Wildman–Crippen LogP) is 5.23. The van der Waals surface area contributed by atoms with Gasteiger partial charge in [-0.25, -0.2) is 0 Å². The maximum atomic E-state index is 12.3. The van der Waals surface area contributed by atoms with E-state index in [1.54, 1.807) is 7.11 Å². The van der Waals surface area contributed by atoms with E-state index < -0.39 is 5.41 Å². The van der Waals surface area contributed by atoms with Gasteiger partial charge in [0.25, 0.3) is 0 Å². The van der Waals surface area contributed by atoms with Crippen LogP contribution in [0.15, 0.2) is 53.6 Å². The van der Waals surface area contributed by atoms with Crippen LogP contribution in [0, 0.1) is 5.41 Å². The number of ether oxygens (including phenoxy) is 3. The molecule has 1 aliphatic rings. The van der Waals surface area contributed by atoms with E-state index >= 15 is 0 Å².